The van der Waals surface area contributed by atoms with E-state index in [0.29, 0.717) is 17.5 Å². The first-order chi connectivity index (χ1) is 33.7. The Hall–Kier alpha value is -9.40. The minimum atomic E-state index is 0.586. The van der Waals surface area contributed by atoms with Gasteiger partial charge in [-0.05, 0) is 77.4 Å². The van der Waals surface area contributed by atoms with Crippen molar-refractivity contribution in [1.29, 1.82) is 0 Å². The molecule has 0 unspecified atom stereocenters. The molecule has 0 aliphatic heterocycles. The monoisotopic (exact) mass is 871 g/mol. The van der Waals surface area contributed by atoms with Crippen molar-refractivity contribution in [2.24, 2.45) is 0 Å². The van der Waals surface area contributed by atoms with Crippen LogP contribution in [-0.4, -0.2) is 34.5 Å². The van der Waals surface area contributed by atoms with Gasteiger partial charge in [0.15, 0.2) is 17.5 Å². The highest BCUT2D eigenvalue weighted by atomic mass is 16.3. The quantitative estimate of drug-likeness (QED) is 0.150. The topological polar surface area (TPSA) is 95.4 Å². The van der Waals surface area contributed by atoms with Gasteiger partial charge in [-0.1, -0.05) is 140 Å². The lowest BCUT2D eigenvalue weighted by molar-refractivity contribution is 0.635. The van der Waals surface area contributed by atoms with E-state index in [0.717, 1.165) is 100 Å². The van der Waals surface area contributed by atoms with Crippen LogP contribution in [0.25, 0.3) is 128 Å². The molecule has 0 atom stereocenters. The molecule has 0 N–H and O–H groups in total. The molecule has 0 saturated carbocycles. The minimum Gasteiger partial charge on any atom is -0.455 e. The van der Waals surface area contributed by atoms with Crippen molar-refractivity contribution in [2.45, 2.75) is 0 Å². The van der Waals surface area contributed by atoms with E-state index in [2.05, 4.69) is 142 Å². The normalized spacial score (nSPS) is 11.5. The Bertz CT molecular complexity index is 3950. The fourth-order valence-corrected chi connectivity index (χ4v) is 9.46. The highest BCUT2D eigenvalue weighted by Crippen LogP contribution is 2.47. The zero-order valence-corrected chi connectivity index (χ0v) is 36.4. The molecular weight excluding hydrogens is 835 g/mol. The second-order valence-corrected chi connectivity index (χ2v) is 16.7. The number of benzene rings is 7. The Morgan fingerprint density at radius 3 is 1.65 bits per heavy atom. The van der Waals surface area contributed by atoms with Crippen LogP contribution in [-0.2, 0) is 0 Å². The molecule has 7 aromatic carbocycles. The number of fused-ring (bicyclic) bond motifs is 6. The highest BCUT2D eigenvalue weighted by Gasteiger charge is 2.25. The fourth-order valence-electron chi connectivity index (χ4n) is 9.46. The Morgan fingerprint density at radius 1 is 0.368 bits per heavy atom. The van der Waals surface area contributed by atoms with Crippen LogP contribution in [0.5, 0.6) is 0 Å². The number of rotatable bonds is 8. The lowest BCUT2D eigenvalue weighted by Crippen LogP contribution is -2.01. The van der Waals surface area contributed by atoms with E-state index in [-0.39, 0.29) is 0 Å². The molecule has 6 heterocycles. The molecule has 6 aromatic heterocycles. The van der Waals surface area contributed by atoms with Crippen molar-refractivity contribution >= 4 is 43.7 Å². The third kappa shape index (κ3) is 6.70. The molecule has 0 fully saturated rings. The molecule has 8 nitrogen and oxygen atoms in total. The summed E-state index contributed by atoms with van der Waals surface area (Å²) in [6, 6.07) is 68.7. The molecule has 0 spiro atoms. The average molecular weight is 872 g/mol. The van der Waals surface area contributed by atoms with Crippen LogP contribution in [0.15, 0.2) is 229 Å². The molecule has 0 aliphatic carbocycles. The van der Waals surface area contributed by atoms with Crippen molar-refractivity contribution in [2.75, 3.05) is 0 Å². The fraction of sp³-hybridized carbons (Fsp3) is 0. The van der Waals surface area contributed by atoms with E-state index >= 15 is 0 Å². The summed E-state index contributed by atoms with van der Waals surface area (Å²) in [7, 11) is 0. The van der Waals surface area contributed by atoms with Crippen LogP contribution in [0, 0.1) is 0 Å². The number of hydrogen-bond acceptors (Lipinski definition) is 7. The molecule has 0 bridgehead atoms. The molecule has 13 aromatic rings. The number of pyridine rings is 3. The summed E-state index contributed by atoms with van der Waals surface area (Å²) in [5.41, 5.74) is 14.3. The maximum atomic E-state index is 7.02. The minimum absolute atomic E-state index is 0.586. The molecule has 8 heteroatoms. The number of para-hydroxylation sites is 2. The van der Waals surface area contributed by atoms with Gasteiger partial charge in [0, 0.05) is 80.0 Å². The van der Waals surface area contributed by atoms with E-state index in [1.165, 1.54) is 10.8 Å². The molecule has 0 radical (unpaired) electrons. The third-order valence-corrected chi connectivity index (χ3v) is 12.6. The smallest absolute Gasteiger partial charge is 0.164 e. The molecule has 0 amide bonds. The van der Waals surface area contributed by atoms with Crippen molar-refractivity contribution in [3.63, 3.8) is 0 Å². The van der Waals surface area contributed by atoms with Crippen molar-refractivity contribution in [3.8, 4) is 84.7 Å². The maximum absolute atomic E-state index is 7.02. The second-order valence-electron chi connectivity index (χ2n) is 16.7. The largest absolute Gasteiger partial charge is 0.455 e. The number of nitrogens with zero attached hydrogens (tertiary/aromatic N) is 7. The van der Waals surface area contributed by atoms with Gasteiger partial charge >= 0.3 is 0 Å². The van der Waals surface area contributed by atoms with Gasteiger partial charge < -0.3 is 8.98 Å². The molecule has 318 valence electrons. The molecule has 0 aliphatic rings. The zero-order chi connectivity index (χ0) is 45.0. The van der Waals surface area contributed by atoms with Crippen LogP contribution in [0.4, 0.5) is 0 Å². The first kappa shape index (κ1) is 39.0. The van der Waals surface area contributed by atoms with Gasteiger partial charge in [0.05, 0.1) is 27.6 Å². The Balaban J connectivity index is 0.930. The molecular formula is C60H37N7O. The van der Waals surface area contributed by atoms with Gasteiger partial charge in [0.1, 0.15) is 11.3 Å². The summed E-state index contributed by atoms with van der Waals surface area (Å²) < 4.78 is 9.33. The van der Waals surface area contributed by atoms with Gasteiger partial charge in [-0.25, -0.2) is 19.9 Å². The lowest BCUT2D eigenvalue weighted by atomic mass is 9.95. The predicted octanol–water partition coefficient (Wildman–Crippen LogP) is 14.7. The summed E-state index contributed by atoms with van der Waals surface area (Å²) in [4.78, 5) is 29.5. The van der Waals surface area contributed by atoms with Crippen LogP contribution in [0.1, 0.15) is 0 Å². The van der Waals surface area contributed by atoms with Crippen LogP contribution >= 0.6 is 0 Å². The predicted molar refractivity (Wildman–Crippen MR) is 273 cm³/mol. The standard InChI is InChI=1S/C60H37N7O/c1-3-13-40(14-4-1)55-54-53(39-30-33-61-34-31-39)56(45-18-12-32-62-37-45)68-57(54)49-36-43(28-29-50(49)63-55)38-24-26-42(27-25-38)59-64-58(41-15-5-2-6-16-41)65-60(66-59)44-17-11-19-46(35-44)67-51-22-9-7-20-47(51)48-21-8-10-23-52(48)67/h1-37H. The van der Waals surface area contributed by atoms with Crippen molar-refractivity contribution in [3.05, 3.63) is 225 Å². The lowest BCUT2D eigenvalue weighted by Gasteiger charge is -2.12. The number of furan rings is 1. The van der Waals surface area contributed by atoms with E-state index < -0.39 is 0 Å². The van der Waals surface area contributed by atoms with Gasteiger partial charge in [-0.15, -0.1) is 0 Å². The van der Waals surface area contributed by atoms with E-state index in [1.807, 2.05) is 91.4 Å². The summed E-state index contributed by atoms with van der Waals surface area (Å²) in [5, 5.41) is 4.26. The van der Waals surface area contributed by atoms with Crippen LogP contribution < -0.4 is 0 Å². The summed E-state index contributed by atoms with van der Waals surface area (Å²) in [5.74, 6) is 2.51. The first-order valence-electron chi connectivity index (χ1n) is 22.5. The van der Waals surface area contributed by atoms with Gasteiger partial charge in [-0.3, -0.25) is 9.97 Å². The SMILES string of the molecule is c1ccc(-c2nc(-c3ccc(-c4ccc5nc(-c6ccccc6)c6c(-c7ccncc7)c(-c7cccnc7)oc6c5c4)cc3)nc(-c3cccc(-n4c5ccccc5c5ccccc54)c3)n2)cc1. The van der Waals surface area contributed by atoms with Crippen LogP contribution in [0.3, 0.4) is 0 Å². The highest BCUT2D eigenvalue weighted by molar-refractivity contribution is 6.17. The van der Waals surface area contributed by atoms with Crippen molar-refractivity contribution < 1.29 is 4.42 Å². The number of aromatic nitrogens is 7. The summed E-state index contributed by atoms with van der Waals surface area (Å²) in [6.07, 6.45) is 7.24. The molecule has 0 saturated heterocycles. The zero-order valence-electron chi connectivity index (χ0n) is 36.4. The van der Waals surface area contributed by atoms with Gasteiger partial charge in [0.2, 0.25) is 0 Å². The van der Waals surface area contributed by atoms with Crippen LogP contribution in [0.2, 0.25) is 0 Å². The summed E-state index contributed by atoms with van der Waals surface area (Å²) >= 11 is 0. The second kappa shape index (κ2) is 16.2. The maximum Gasteiger partial charge on any atom is 0.164 e. The molecule has 13 rings (SSSR count). The van der Waals surface area contributed by atoms with E-state index in [9.17, 15) is 0 Å². The number of hydrogen-bond donors (Lipinski definition) is 0. The summed E-state index contributed by atoms with van der Waals surface area (Å²) in [6.45, 7) is 0. The first-order valence-corrected chi connectivity index (χ1v) is 22.5. The van der Waals surface area contributed by atoms with Gasteiger partial charge in [-0.2, -0.15) is 0 Å². The van der Waals surface area contributed by atoms with Crippen molar-refractivity contribution in [1.82, 2.24) is 34.5 Å². The Kier molecular flexibility index (Phi) is 9.31. The van der Waals surface area contributed by atoms with Gasteiger partial charge in [0.25, 0.3) is 0 Å². The third-order valence-electron chi connectivity index (χ3n) is 12.6. The Morgan fingerprint density at radius 2 is 0.956 bits per heavy atom. The van der Waals surface area contributed by atoms with E-state index in [1.54, 1.807) is 6.20 Å². The molecule has 68 heavy (non-hydrogen) atoms. The van der Waals surface area contributed by atoms with E-state index in [4.69, 9.17) is 24.4 Å². The average Bonchev–Trinajstić information content (AvgIpc) is 3.99. The Labute approximate surface area is 390 Å².